The number of benzene rings is 3. The molecule has 0 saturated heterocycles. The minimum absolute atomic E-state index is 0.00984. The molecule has 170 valence electrons. The molecule has 3 aromatic carbocycles. The monoisotopic (exact) mass is 454 g/mol. The summed E-state index contributed by atoms with van der Waals surface area (Å²) < 4.78 is 6.02. The molecule has 0 aliphatic carbocycles. The Hall–Kier alpha value is -4.26. The van der Waals surface area contributed by atoms with Crippen molar-refractivity contribution in [3.05, 3.63) is 120 Å². The van der Waals surface area contributed by atoms with Crippen LogP contribution in [0.1, 0.15) is 50.0 Å². The van der Waals surface area contributed by atoms with Crippen LogP contribution in [0.15, 0.2) is 69.9 Å². The molecular weight excluding hydrogens is 432 g/mol. The first-order valence-electron chi connectivity index (χ1n) is 10.9. The van der Waals surface area contributed by atoms with Crippen molar-refractivity contribution in [1.29, 1.82) is 0 Å². The van der Waals surface area contributed by atoms with Crippen molar-refractivity contribution in [2.75, 3.05) is 0 Å². The fourth-order valence-electron chi connectivity index (χ4n) is 4.48. The topological polar surface area (TPSA) is 93.7 Å². The highest BCUT2D eigenvalue weighted by Gasteiger charge is 2.43. The fourth-order valence-corrected chi connectivity index (χ4v) is 4.48. The summed E-state index contributed by atoms with van der Waals surface area (Å²) in [6.45, 7) is 6.03. The number of hydrogen-bond acceptors (Lipinski definition) is 5. The highest BCUT2D eigenvalue weighted by atomic mass is 16.6. The number of carbonyl (C=O) groups excluding carboxylic acids is 1. The van der Waals surface area contributed by atoms with E-state index in [0.717, 1.165) is 22.3 Å². The summed E-state index contributed by atoms with van der Waals surface area (Å²) in [6.07, 6.45) is 0. The standard InChI is InChI=1S/C27H22N2O5/c1-15-7-9-18(10-8-15)14-28-24(19-5-4-6-20(13-19)29(32)33)23-25(30)21-11-16(2)17(3)12-22(21)34-26(23)27(28)31/h4-13,24H,14H2,1-3H3. The van der Waals surface area contributed by atoms with Crippen LogP contribution in [0.3, 0.4) is 0 Å². The Morgan fingerprint density at radius 1 is 0.971 bits per heavy atom. The van der Waals surface area contributed by atoms with Gasteiger partial charge >= 0.3 is 0 Å². The number of nitro groups is 1. The third kappa shape index (κ3) is 3.46. The first-order chi connectivity index (χ1) is 16.2. The third-order valence-corrected chi connectivity index (χ3v) is 6.45. The minimum Gasteiger partial charge on any atom is -0.450 e. The van der Waals surface area contributed by atoms with Crippen molar-refractivity contribution in [3.63, 3.8) is 0 Å². The number of carbonyl (C=O) groups is 1. The lowest BCUT2D eigenvalue weighted by atomic mass is 9.97. The molecule has 0 radical (unpaired) electrons. The minimum atomic E-state index is -0.800. The molecule has 0 fully saturated rings. The highest BCUT2D eigenvalue weighted by molar-refractivity contribution is 5.99. The molecule has 1 unspecified atom stereocenters. The molecule has 1 aromatic heterocycles. The van der Waals surface area contributed by atoms with E-state index in [-0.39, 0.29) is 29.0 Å². The maximum Gasteiger partial charge on any atom is 0.291 e. The lowest BCUT2D eigenvalue weighted by molar-refractivity contribution is -0.384. The van der Waals surface area contributed by atoms with E-state index in [2.05, 4.69) is 0 Å². The molecule has 0 spiro atoms. The van der Waals surface area contributed by atoms with E-state index in [1.165, 1.54) is 12.1 Å². The van der Waals surface area contributed by atoms with Crippen LogP contribution in [0.5, 0.6) is 0 Å². The lowest BCUT2D eigenvalue weighted by Crippen LogP contribution is -2.29. The van der Waals surface area contributed by atoms with Gasteiger partial charge in [-0.25, -0.2) is 0 Å². The molecule has 1 aliphatic heterocycles. The summed E-state index contributed by atoms with van der Waals surface area (Å²) in [5.41, 5.74) is 4.52. The number of non-ortho nitro benzene ring substituents is 1. The number of nitro benzene ring substituents is 1. The molecule has 34 heavy (non-hydrogen) atoms. The molecule has 7 nitrogen and oxygen atoms in total. The van der Waals surface area contributed by atoms with Crippen molar-refractivity contribution in [1.82, 2.24) is 4.90 Å². The average molecular weight is 454 g/mol. The molecule has 5 rings (SSSR count). The molecule has 4 aromatic rings. The molecule has 0 saturated carbocycles. The van der Waals surface area contributed by atoms with Gasteiger partial charge in [-0.05, 0) is 55.2 Å². The van der Waals surface area contributed by atoms with Crippen LogP contribution >= 0.6 is 0 Å². The van der Waals surface area contributed by atoms with Crippen LogP contribution in [0, 0.1) is 30.9 Å². The number of aryl methyl sites for hydroxylation is 3. The second-order valence-corrected chi connectivity index (χ2v) is 8.78. The van der Waals surface area contributed by atoms with Gasteiger partial charge in [0, 0.05) is 18.7 Å². The summed E-state index contributed by atoms with van der Waals surface area (Å²) in [7, 11) is 0. The number of hydrogen-bond donors (Lipinski definition) is 0. The second-order valence-electron chi connectivity index (χ2n) is 8.78. The van der Waals surface area contributed by atoms with Gasteiger partial charge in [0.15, 0.2) is 5.43 Å². The van der Waals surface area contributed by atoms with E-state index in [1.807, 2.05) is 45.0 Å². The summed E-state index contributed by atoms with van der Waals surface area (Å²) in [4.78, 5) is 39.8. The SMILES string of the molecule is Cc1ccc(CN2C(=O)c3oc4cc(C)c(C)cc4c(=O)c3C2c2cccc([N+](=O)[O-])c2)cc1. The van der Waals surface area contributed by atoms with E-state index in [4.69, 9.17) is 4.42 Å². The van der Waals surface area contributed by atoms with Crippen molar-refractivity contribution in [2.45, 2.75) is 33.4 Å². The zero-order valence-corrected chi connectivity index (χ0v) is 19.0. The van der Waals surface area contributed by atoms with Crippen LogP contribution in [0.25, 0.3) is 11.0 Å². The van der Waals surface area contributed by atoms with E-state index < -0.39 is 16.9 Å². The van der Waals surface area contributed by atoms with Crippen molar-refractivity contribution < 1.29 is 14.1 Å². The van der Waals surface area contributed by atoms with Crippen LogP contribution in [-0.2, 0) is 6.54 Å². The van der Waals surface area contributed by atoms with Gasteiger partial charge in [-0.1, -0.05) is 42.0 Å². The van der Waals surface area contributed by atoms with Crippen LogP contribution in [0.4, 0.5) is 5.69 Å². The Bertz CT molecular complexity index is 1540. The fraction of sp³-hybridized carbons (Fsp3) is 0.185. The van der Waals surface area contributed by atoms with Gasteiger partial charge in [0.2, 0.25) is 5.76 Å². The quantitative estimate of drug-likeness (QED) is 0.305. The summed E-state index contributed by atoms with van der Waals surface area (Å²) >= 11 is 0. The summed E-state index contributed by atoms with van der Waals surface area (Å²) in [6, 6.07) is 16.6. The van der Waals surface area contributed by atoms with Crippen LogP contribution in [-0.4, -0.2) is 15.7 Å². The molecule has 1 amide bonds. The molecule has 2 heterocycles. The van der Waals surface area contributed by atoms with Gasteiger partial charge in [0.25, 0.3) is 11.6 Å². The zero-order valence-electron chi connectivity index (χ0n) is 19.0. The number of fused-ring (bicyclic) bond motifs is 2. The van der Waals surface area contributed by atoms with E-state index in [1.54, 1.807) is 29.2 Å². The Balaban J connectivity index is 1.75. The smallest absolute Gasteiger partial charge is 0.291 e. The van der Waals surface area contributed by atoms with Crippen LogP contribution in [0.2, 0.25) is 0 Å². The lowest BCUT2D eigenvalue weighted by Gasteiger charge is -2.25. The highest BCUT2D eigenvalue weighted by Crippen LogP contribution is 2.40. The number of rotatable bonds is 4. The van der Waals surface area contributed by atoms with Crippen molar-refractivity contribution in [3.8, 4) is 0 Å². The first kappa shape index (κ1) is 21.6. The number of amides is 1. The predicted octanol–water partition coefficient (Wildman–Crippen LogP) is 5.37. The van der Waals surface area contributed by atoms with Gasteiger partial charge in [0.1, 0.15) is 5.58 Å². The second kappa shape index (κ2) is 7.95. The Kier molecular flexibility index (Phi) is 5.05. The molecule has 7 heteroatoms. The van der Waals surface area contributed by atoms with E-state index in [0.29, 0.717) is 16.5 Å². The summed E-state index contributed by atoms with van der Waals surface area (Å²) in [5.74, 6) is -0.423. The molecule has 1 aliphatic rings. The van der Waals surface area contributed by atoms with Crippen LogP contribution < -0.4 is 5.43 Å². The Morgan fingerprint density at radius 2 is 1.68 bits per heavy atom. The summed E-state index contributed by atoms with van der Waals surface area (Å²) in [5, 5.41) is 11.8. The maximum atomic E-state index is 13.7. The largest absolute Gasteiger partial charge is 0.450 e. The van der Waals surface area contributed by atoms with Crippen molar-refractivity contribution >= 4 is 22.6 Å². The average Bonchev–Trinajstić information content (AvgIpc) is 3.08. The van der Waals surface area contributed by atoms with E-state index in [9.17, 15) is 19.7 Å². The molecular formula is C27H22N2O5. The molecule has 0 bridgehead atoms. The Morgan fingerprint density at radius 3 is 2.38 bits per heavy atom. The zero-order chi connectivity index (χ0) is 24.1. The molecule has 1 atom stereocenters. The maximum absolute atomic E-state index is 13.7. The molecule has 0 N–H and O–H groups in total. The van der Waals surface area contributed by atoms with E-state index >= 15 is 0 Å². The Labute approximate surface area is 195 Å². The van der Waals surface area contributed by atoms with Gasteiger partial charge in [-0.3, -0.25) is 19.7 Å². The van der Waals surface area contributed by atoms with Crippen molar-refractivity contribution in [2.24, 2.45) is 0 Å². The van der Waals surface area contributed by atoms with Gasteiger partial charge in [0.05, 0.1) is 21.9 Å². The van der Waals surface area contributed by atoms with Gasteiger partial charge in [-0.2, -0.15) is 0 Å². The van der Waals surface area contributed by atoms with Gasteiger partial charge in [-0.15, -0.1) is 0 Å². The number of nitrogens with zero attached hydrogens (tertiary/aromatic N) is 2. The first-order valence-corrected chi connectivity index (χ1v) is 10.9. The third-order valence-electron chi connectivity index (χ3n) is 6.45. The normalized spacial score (nSPS) is 15.1. The van der Waals surface area contributed by atoms with Gasteiger partial charge < -0.3 is 9.32 Å². The predicted molar refractivity (Wildman–Crippen MR) is 128 cm³/mol.